The Morgan fingerprint density at radius 3 is 2.50 bits per heavy atom. The van der Waals surface area contributed by atoms with Crippen molar-refractivity contribution in [1.29, 1.82) is 0 Å². The van der Waals surface area contributed by atoms with Gasteiger partial charge in [0.05, 0.1) is 17.0 Å². The first kappa shape index (κ1) is 22.2. The van der Waals surface area contributed by atoms with Crippen LogP contribution in [0, 0.1) is 0 Å². The summed E-state index contributed by atoms with van der Waals surface area (Å²) in [6.07, 6.45) is 1.99. The molecule has 8 heteroatoms. The molecule has 0 aliphatic carbocycles. The maximum atomic E-state index is 12.8. The number of benzene rings is 2. The minimum absolute atomic E-state index is 0.0299. The Hall–Kier alpha value is -2.09. The molecule has 0 saturated heterocycles. The maximum Gasteiger partial charge on any atom is 0.241 e. The number of hydrogen-bond donors (Lipinski definition) is 2. The molecule has 1 amide bonds. The van der Waals surface area contributed by atoms with Crippen molar-refractivity contribution >= 4 is 27.5 Å². The van der Waals surface area contributed by atoms with E-state index in [1.165, 1.54) is 25.3 Å². The van der Waals surface area contributed by atoms with Gasteiger partial charge in [0, 0.05) is 6.54 Å². The number of sulfonamides is 1. The number of amides is 1. The van der Waals surface area contributed by atoms with Gasteiger partial charge >= 0.3 is 0 Å². The highest BCUT2D eigenvalue weighted by molar-refractivity contribution is 7.89. The Morgan fingerprint density at radius 1 is 1.18 bits per heavy atom. The number of carbonyl (C=O) groups excluding carboxylic acids is 1. The zero-order chi connectivity index (χ0) is 20.6. The van der Waals surface area contributed by atoms with Gasteiger partial charge < -0.3 is 10.1 Å². The normalized spacial score (nSPS) is 12.4. The third-order valence-corrected chi connectivity index (χ3v) is 5.92. The van der Waals surface area contributed by atoms with Crippen molar-refractivity contribution in [1.82, 2.24) is 10.0 Å². The van der Waals surface area contributed by atoms with Crippen LogP contribution >= 0.6 is 11.6 Å². The third-order valence-electron chi connectivity index (χ3n) is 4.16. The molecule has 2 aromatic carbocycles. The first-order chi connectivity index (χ1) is 13.4. The number of rotatable bonds is 10. The minimum Gasteiger partial charge on any atom is -0.495 e. The van der Waals surface area contributed by atoms with E-state index in [9.17, 15) is 13.2 Å². The quantitative estimate of drug-likeness (QED) is 0.574. The highest BCUT2D eigenvalue weighted by Gasteiger charge is 2.26. The monoisotopic (exact) mass is 424 g/mol. The minimum atomic E-state index is -3.95. The molecule has 0 spiro atoms. The van der Waals surface area contributed by atoms with Crippen molar-refractivity contribution in [2.24, 2.45) is 0 Å². The van der Waals surface area contributed by atoms with Crippen LogP contribution in [0.3, 0.4) is 0 Å². The molecule has 0 bridgehead atoms. The molecule has 2 rings (SSSR count). The Bertz CT molecular complexity index is 888. The molecule has 2 aromatic rings. The van der Waals surface area contributed by atoms with E-state index in [4.69, 9.17) is 16.3 Å². The van der Waals surface area contributed by atoms with Crippen LogP contribution in [0.1, 0.15) is 25.3 Å². The molecular formula is C20H25ClN2O4S. The van der Waals surface area contributed by atoms with Gasteiger partial charge in [0.1, 0.15) is 11.8 Å². The summed E-state index contributed by atoms with van der Waals surface area (Å²) in [6, 6.07) is 12.5. The summed E-state index contributed by atoms with van der Waals surface area (Å²) in [4.78, 5) is 12.6. The fourth-order valence-electron chi connectivity index (χ4n) is 2.62. The second kappa shape index (κ2) is 10.5. The van der Waals surface area contributed by atoms with E-state index in [0.717, 1.165) is 18.4 Å². The van der Waals surface area contributed by atoms with Gasteiger partial charge in [-0.2, -0.15) is 4.72 Å². The van der Waals surface area contributed by atoms with Crippen molar-refractivity contribution in [3.63, 3.8) is 0 Å². The molecule has 0 fully saturated rings. The molecule has 0 aliphatic rings. The van der Waals surface area contributed by atoms with Crippen LogP contribution in [0.25, 0.3) is 0 Å². The molecule has 6 nitrogen and oxygen atoms in total. The van der Waals surface area contributed by atoms with E-state index in [-0.39, 0.29) is 22.2 Å². The predicted octanol–water partition coefficient (Wildman–Crippen LogP) is 3.15. The van der Waals surface area contributed by atoms with Crippen molar-refractivity contribution in [3.05, 3.63) is 59.1 Å². The van der Waals surface area contributed by atoms with Crippen molar-refractivity contribution in [3.8, 4) is 5.75 Å². The smallest absolute Gasteiger partial charge is 0.241 e. The average molecular weight is 425 g/mol. The number of carbonyl (C=O) groups is 1. The number of nitrogens with one attached hydrogen (secondary N) is 2. The third kappa shape index (κ3) is 6.22. The van der Waals surface area contributed by atoms with Gasteiger partial charge in [-0.25, -0.2) is 8.42 Å². The van der Waals surface area contributed by atoms with Crippen LogP contribution in [-0.4, -0.2) is 34.0 Å². The highest BCUT2D eigenvalue weighted by Crippen LogP contribution is 2.27. The van der Waals surface area contributed by atoms with Crippen LogP contribution in [0.4, 0.5) is 0 Å². The molecule has 152 valence electrons. The van der Waals surface area contributed by atoms with Crippen molar-refractivity contribution < 1.29 is 17.9 Å². The van der Waals surface area contributed by atoms with E-state index >= 15 is 0 Å². The first-order valence-electron chi connectivity index (χ1n) is 9.05. The maximum absolute atomic E-state index is 12.8. The van der Waals surface area contributed by atoms with Gasteiger partial charge in [-0.1, -0.05) is 55.3 Å². The molecule has 0 aliphatic heterocycles. The van der Waals surface area contributed by atoms with Crippen LogP contribution in [-0.2, 0) is 21.2 Å². The Morgan fingerprint density at radius 2 is 1.89 bits per heavy atom. The van der Waals surface area contributed by atoms with Gasteiger partial charge in [-0.05, 0) is 36.6 Å². The van der Waals surface area contributed by atoms with Crippen LogP contribution in [0.2, 0.25) is 5.02 Å². The molecule has 0 aromatic heterocycles. The van der Waals surface area contributed by atoms with Crippen LogP contribution in [0.5, 0.6) is 5.75 Å². The summed E-state index contributed by atoms with van der Waals surface area (Å²) in [5.74, 6) is 0.0132. The lowest BCUT2D eigenvalue weighted by atomic mass is 10.1. The highest BCUT2D eigenvalue weighted by atomic mass is 35.5. The summed E-state index contributed by atoms with van der Waals surface area (Å²) in [7, 11) is -2.50. The number of halogens is 1. The molecule has 0 unspecified atom stereocenters. The van der Waals surface area contributed by atoms with E-state index < -0.39 is 16.1 Å². The number of hydrogen-bond acceptors (Lipinski definition) is 4. The number of unbranched alkanes of at least 4 members (excludes halogenated alkanes) is 1. The Labute approximate surface area is 171 Å². The van der Waals surface area contributed by atoms with E-state index in [0.29, 0.717) is 12.3 Å². The van der Waals surface area contributed by atoms with Gasteiger partial charge in [-0.15, -0.1) is 0 Å². The van der Waals surface area contributed by atoms with Gasteiger partial charge in [-0.3, -0.25) is 4.79 Å². The van der Waals surface area contributed by atoms with E-state index in [1.807, 2.05) is 37.3 Å². The standard InChI is InChI=1S/C20H25ClN2O4S/c1-3-4-12-22-20(24)18(13-15-8-6-5-7-9-15)23-28(25,26)16-10-11-19(27-2)17(21)14-16/h5-11,14,18,23H,3-4,12-13H2,1-2H3,(H,22,24)/t18-/m1/s1. The first-order valence-corrected chi connectivity index (χ1v) is 10.9. The SMILES string of the molecule is CCCCNC(=O)[C@@H](Cc1ccccc1)NS(=O)(=O)c1ccc(OC)c(Cl)c1. The van der Waals surface area contributed by atoms with E-state index in [2.05, 4.69) is 10.0 Å². The van der Waals surface area contributed by atoms with Gasteiger partial charge in [0.2, 0.25) is 15.9 Å². The lowest BCUT2D eigenvalue weighted by Crippen LogP contribution is -2.48. The second-order valence-electron chi connectivity index (χ2n) is 6.30. The zero-order valence-corrected chi connectivity index (χ0v) is 17.5. The fourth-order valence-corrected chi connectivity index (χ4v) is 4.16. The zero-order valence-electron chi connectivity index (χ0n) is 15.9. The lowest BCUT2D eigenvalue weighted by molar-refractivity contribution is -0.122. The second-order valence-corrected chi connectivity index (χ2v) is 8.43. The number of ether oxygens (including phenoxy) is 1. The molecular weight excluding hydrogens is 400 g/mol. The topological polar surface area (TPSA) is 84.5 Å². The number of methoxy groups -OCH3 is 1. The van der Waals surface area contributed by atoms with Gasteiger partial charge in [0.25, 0.3) is 0 Å². The molecule has 1 atom stereocenters. The summed E-state index contributed by atoms with van der Waals surface area (Å²) >= 11 is 6.05. The molecule has 0 heterocycles. The van der Waals surface area contributed by atoms with Crippen LogP contribution < -0.4 is 14.8 Å². The fraction of sp³-hybridized carbons (Fsp3) is 0.350. The Balaban J connectivity index is 2.24. The van der Waals surface area contributed by atoms with Gasteiger partial charge in [0.15, 0.2) is 0 Å². The molecule has 0 saturated carbocycles. The molecule has 28 heavy (non-hydrogen) atoms. The Kier molecular flexibility index (Phi) is 8.29. The summed E-state index contributed by atoms with van der Waals surface area (Å²) in [5, 5.41) is 2.97. The molecule has 2 N–H and O–H groups in total. The van der Waals surface area contributed by atoms with E-state index in [1.54, 1.807) is 0 Å². The van der Waals surface area contributed by atoms with Crippen molar-refractivity contribution in [2.75, 3.05) is 13.7 Å². The summed E-state index contributed by atoms with van der Waals surface area (Å²) in [5.41, 5.74) is 0.855. The largest absolute Gasteiger partial charge is 0.495 e. The summed E-state index contributed by atoms with van der Waals surface area (Å²) in [6.45, 7) is 2.51. The lowest BCUT2D eigenvalue weighted by Gasteiger charge is -2.19. The average Bonchev–Trinajstić information content (AvgIpc) is 2.68. The predicted molar refractivity (Wildman–Crippen MR) is 110 cm³/mol. The van der Waals surface area contributed by atoms with Crippen LogP contribution in [0.15, 0.2) is 53.4 Å². The summed E-state index contributed by atoms with van der Waals surface area (Å²) < 4.78 is 33.2. The van der Waals surface area contributed by atoms with Crippen molar-refractivity contribution in [2.45, 2.75) is 37.1 Å². The molecule has 0 radical (unpaired) electrons.